The van der Waals surface area contributed by atoms with Crippen LogP contribution in [0.1, 0.15) is 41.2 Å². The van der Waals surface area contributed by atoms with Crippen molar-refractivity contribution in [2.75, 3.05) is 11.9 Å². The predicted octanol–water partition coefficient (Wildman–Crippen LogP) is 4.27. The molecule has 0 spiro atoms. The van der Waals surface area contributed by atoms with Gasteiger partial charge in [0.1, 0.15) is 11.4 Å². The molecule has 34 heavy (non-hydrogen) atoms. The summed E-state index contributed by atoms with van der Waals surface area (Å²) in [6, 6.07) is 16.7. The van der Waals surface area contributed by atoms with Crippen molar-refractivity contribution in [3.63, 3.8) is 0 Å². The van der Waals surface area contributed by atoms with Gasteiger partial charge in [-0.05, 0) is 63.6 Å². The summed E-state index contributed by atoms with van der Waals surface area (Å²) in [4.78, 5) is 30.6. The van der Waals surface area contributed by atoms with Crippen molar-refractivity contribution >= 4 is 29.1 Å². The standard InChI is InChI=1S/C26H27N5O3/c1-5-34-26(33)23-18(4)27-21-11-6-7-12-22(21)28-24(23)29-25(32)20-10-8-9-19(14-20)15-31-17(3)13-16(2)30-31/h6-14,27H,5,15H2,1-4H3,(H,28,29,32). The topological polar surface area (TPSA) is 97.6 Å². The largest absolute Gasteiger partial charge is 0.462 e. The summed E-state index contributed by atoms with van der Waals surface area (Å²) in [5, 5.41) is 10.5. The molecule has 0 saturated heterocycles. The van der Waals surface area contributed by atoms with Gasteiger partial charge in [-0.2, -0.15) is 5.10 Å². The molecule has 2 heterocycles. The number of aryl methyl sites for hydroxylation is 2. The van der Waals surface area contributed by atoms with Gasteiger partial charge in [-0.1, -0.05) is 24.3 Å². The van der Waals surface area contributed by atoms with Crippen molar-refractivity contribution in [3.8, 4) is 0 Å². The van der Waals surface area contributed by atoms with Crippen LogP contribution in [-0.2, 0) is 16.1 Å². The molecule has 1 amide bonds. The molecule has 0 atom stereocenters. The number of fused-ring (bicyclic) bond motifs is 1. The number of hydrogen-bond donors (Lipinski definition) is 2. The van der Waals surface area contributed by atoms with Gasteiger partial charge in [0, 0.05) is 17.0 Å². The highest BCUT2D eigenvalue weighted by molar-refractivity contribution is 6.25. The normalized spacial score (nSPS) is 12.9. The minimum Gasteiger partial charge on any atom is -0.462 e. The van der Waals surface area contributed by atoms with Crippen molar-refractivity contribution in [1.82, 2.24) is 15.1 Å². The van der Waals surface area contributed by atoms with E-state index in [1.165, 1.54) is 0 Å². The quantitative estimate of drug-likeness (QED) is 0.558. The van der Waals surface area contributed by atoms with Crippen LogP contribution >= 0.6 is 0 Å². The lowest BCUT2D eigenvalue weighted by Crippen LogP contribution is -2.35. The van der Waals surface area contributed by atoms with E-state index in [1.54, 1.807) is 19.9 Å². The number of amides is 1. The first-order chi connectivity index (χ1) is 16.4. The first-order valence-corrected chi connectivity index (χ1v) is 11.1. The number of nitrogens with one attached hydrogen (secondary N) is 2. The van der Waals surface area contributed by atoms with Gasteiger partial charge in [-0.3, -0.25) is 9.48 Å². The van der Waals surface area contributed by atoms with Gasteiger partial charge in [-0.25, -0.2) is 9.79 Å². The Hall–Kier alpha value is -4.20. The van der Waals surface area contributed by atoms with Crippen molar-refractivity contribution < 1.29 is 14.3 Å². The van der Waals surface area contributed by atoms with E-state index in [0.717, 1.165) is 22.6 Å². The van der Waals surface area contributed by atoms with Crippen LogP contribution < -0.4 is 10.6 Å². The highest BCUT2D eigenvalue weighted by atomic mass is 16.5. The Bertz CT molecular complexity index is 1320. The van der Waals surface area contributed by atoms with E-state index in [9.17, 15) is 9.59 Å². The number of nitrogens with zero attached hydrogens (tertiary/aromatic N) is 3. The lowest BCUT2D eigenvalue weighted by Gasteiger charge is -2.14. The average molecular weight is 458 g/mol. The number of hydrogen-bond acceptors (Lipinski definition) is 6. The van der Waals surface area contributed by atoms with Crippen LogP contribution in [0, 0.1) is 13.8 Å². The van der Waals surface area contributed by atoms with Crippen LogP contribution in [0.5, 0.6) is 0 Å². The van der Waals surface area contributed by atoms with E-state index in [2.05, 4.69) is 20.7 Å². The molecule has 0 unspecified atom stereocenters. The van der Waals surface area contributed by atoms with Gasteiger partial charge >= 0.3 is 5.97 Å². The SMILES string of the molecule is CCOC(=O)C1=C(C)Nc2ccccc2N=C1NC(=O)c1cccc(Cn2nc(C)cc2C)c1. The molecule has 0 saturated carbocycles. The Morgan fingerprint density at radius 1 is 1.06 bits per heavy atom. The monoisotopic (exact) mass is 457 g/mol. The molecule has 0 radical (unpaired) electrons. The van der Waals surface area contributed by atoms with Crippen LogP contribution in [0.15, 0.2) is 70.9 Å². The number of carbonyl (C=O) groups is 2. The molecule has 3 aromatic rings. The van der Waals surface area contributed by atoms with E-state index >= 15 is 0 Å². The number of allylic oxidation sites excluding steroid dienone is 1. The number of rotatable bonds is 5. The highest BCUT2D eigenvalue weighted by Gasteiger charge is 2.26. The Balaban J connectivity index is 1.65. The third kappa shape index (κ3) is 4.91. The summed E-state index contributed by atoms with van der Waals surface area (Å²) in [5.74, 6) is -0.789. The first kappa shape index (κ1) is 23.0. The molecular weight excluding hydrogens is 430 g/mol. The smallest absolute Gasteiger partial charge is 0.343 e. The van der Waals surface area contributed by atoms with Crippen molar-refractivity contribution in [3.05, 3.63) is 88.4 Å². The molecular formula is C26H27N5O3. The molecule has 0 fully saturated rings. The molecule has 0 aliphatic carbocycles. The summed E-state index contributed by atoms with van der Waals surface area (Å²) >= 11 is 0. The molecule has 8 heteroatoms. The molecule has 1 aliphatic heterocycles. The fourth-order valence-corrected chi connectivity index (χ4v) is 3.84. The molecule has 1 aromatic heterocycles. The highest BCUT2D eigenvalue weighted by Crippen LogP contribution is 2.30. The second-order valence-corrected chi connectivity index (χ2v) is 8.06. The fourth-order valence-electron chi connectivity index (χ4n) is 3.84. The van der Waals surface area contributed by atoms with Crippen molar-refractivity contribution in [2.45, 2.75) is 34.2 Å². The van der Waals surface area contributed by atoms with Gasteiger partial charge in [0.05, 0.1) is 30.2 Å². The molecule has 174 valence electrons. The molecule has 4 rings (SSSR count). The Labute approximate surface area is 198 Å². The van der Waals surface area contributed by atoms with Gasteiger partial charge in [0.25, 0.3) is 5.91 Å². The van der Waals surface area contributed by atoms with E-state index in [0.29, 0.717) is 23.5 Å². The maximum atomic E-state index is 13.2. The molecule has 1 aliphatic rings. The van der Waals surface area contributed by atoms with Crippen molar-refractivity contribution in [1.29, 1.82) is 0 Å². The molecule has 8 nitrogen and oxygen atoms in total. The van der Waals surface area contributed by atoms with Crippen molar-refractivity contribution in [2.24, 2.45) is 4.99 Å². The number of ether oxygens (including phenoxy) is 1. The van der Waals surface area contributed by atoms with E-state index in [-0.39, 0.29) is 23.9 Å². The number of benzene rings is 2. The lowest BCUT2D eigenvalue weighted by atomic mass is 10.1. The Morgan fingerprint density at radius 2 is 1.85 bits per heavy atom. The minimum absolute atomic E-state index is 0.141. The number of anilines is 1. The maximum Gasteiger partial charge on any atom is 0.343 e. The van der Waals surface area contributed by atoms with E-state index in [4.69, 9.17) is 4.74 Å². The number of carbonyl (C=O) groups excluding carboxylic acids is 2. The van der Waals surface area contributed by atoms with E-state index in [1.807, 2.05) is 67.1 Å². The van der Waals surface area contributed by atoms with Gasteiger partial charge < -0.3 is 15.4 Å². The zero-order valence-electron chi connectivity index (χ0n) is 19.7. The molecule has 0 bridgehead atoms. The summed E-state index contributed by atoms with van der Waals surface area (Å²) in [7, 11) is 0. The van der Waals surface area contributed by atoms with Crippen LogP contribution in [0.3, 0.4) is 0 Å². The summed E-state index contributed by atoms with van der Waals surface area (Å²) in [5.41, 5.74) is 5.45. The molecule has 2 aromatic carbocycles. The van der Waals surface area contributed by atoms with Crippen LogP contribution in [0.4, 0.5) is 11.4 Å². The van der Waals surface area contributed by atoms with Gasteiger partial charge in [-0.15, -0.1) is 0 Å². The second-order valence-electron chi connectivity index (χ2n) is 8.06. The Morgan fingerprint density at radius 3 is 2.59 bits per heavy atom. The predicted molar refractivity (Wildman–Crippen MR) is 131 cm³/mol. The minimum atomic E-state index is -0.558. The molecule has 2 N–H and O–H groups in total. The lowest BCUT2D eigenvalue weighted by molar-refractivity contribution is -0.137. The third-order valence-corrected chi connectivity index (χ3v) is 5.41. The fraction of sp³-hybridized carbons (Fsp3) is 0.231. The third-order valence-electron chi connectivity index (χ3n) is 5.41. The zero-order chi connectivity index (χ0) is 24.2. The van der Waals surface area contributed by atoms with Crippen LogP contribution in [-0.4, -0.2) is 34.1 Å². The number of para-hydroxylation sites is 2. The first-order valence-electron chi connectivity index (χ1n) is 11.1. The maximum absolute atomic E-state index is 13.2. The number of amidine groups is 1. The van der Waals surface area contributed by atoms with Crippen LogP contribution in [0.2, 0.25) is 0 Å². The average Bonchev–Trinajstić information content (AvgIpc) is 3.03. The summed E-state index contributed by atoms with van der Waals surface area (Å²) in [6.07, 6.45) is 0. The van der Waals surface area contributed by atoms with Crippen LogP contribution in [0.25, 0.3) is 0 Å². The van der Waals surface area contributed by atoms with Gasteiger partial charge in [0.2, 0.25) is 0 Å². The second kappa shape index (κ2) is 9.74. The Kier molecular flexibility index (Phi) is 6.58. The summed E-state index contributed by atoms with van der Waals surface area (Å²) in [6.45, 7) is 8.19. The number of aliphatic imine (C=N–C) groups is 1. The van der Waals surface area contributed by atoms with E-state index < -0.39 is 5.97 Å². The number of esters is 1. The summed E-state index contributed by atoms with van der Waals surface area (Å²) < 4.78 is 7.14. The zero-order valence-corrected chi connectivity index (χ0v) is 19.7. The number of aromatic nitrogens is 2. The van der Waals surface area contributed by atoms with Gasteiger partial charge in [0.15, 0.2) is 0 Å².